The number of nitriles is 1. The van der Waals surface area contributed by atoms with Crippen molar-refractivity contribution < 1.29 is 14.3 Å². The molecule has 6 heteroatoms. The van der Waals surface area contributed by atoms with Crippen molar-refractivity contribution in [2.75, 3.05) is 19.7 Å². The molecule has 0 unspecified atom stereocenters. The molecule has 3 rings (SSSR count). The van der Waals surface area contributed by atoms with E-state index >= 15 is 0 Å². The Morgan fingerprint density at radius 2 is 2.20 bits per heavy atom. The molecule has 0 spiro atoms. The van der Waals surface area contributed by atoms with E-state index < -0.39 is 5.60 Å². The van der Waals surface area contributed by atoms with Crippen LogP contribution in [0.25, 0.3) is 0 Å². The molecule has 1 saturated heterocycles. The van der Waals surface area contributed by atoms with Gasteiger partial charge in [-0.3, -0.25) is 4.79 Å². The van der Waals surface area contributed by atoms with E-state index in [1.165, 1.54) is 6.20 Å². The summed E-state index contributed by atoms with van der Waals surface area (Å²) < 4.78 is 11.8. The number of carbonyl (C=O) groups is 1. The van der Waals surface area contributed by atoms with E-state index in [1.807, 2.05) is 50.2 Å². The number of H-pyrrole nitrogens is 1. The van der Waals surface area contributed by atoms with Crippen molar-refractivity contribution in [3.8, 4) is 11.8 Å². The fourth-order valence-corrected chi connectivity index (χ4v) is 3.00. The molecule has 1 fully saturated rings. The first-order valence-electron chi connectivity index (χ1n) is 8.20. The Balaban J connectivity index is 1.68. The van der Waals surface area contributed by atoms with Crippen LogP contribution in [0, 0.1) is 11.3 Å². The van der Waals surface area contributed by atoms with Crippen LogP contribution in [0.15, 0.2) is 42.6 Å². The Hall–Kier alpha value is -2.78. The van der Waals surface area contributed by atoms with Crippen LogP contribution in [0.2, 0.25) is 0 Å². The number of nitrogens with zero attached hydrogens (tertiary/aromatic N) is 2. The summed E-state index contributed by atoms with van der Waals surface area (Å²) in [6.07, 6.45) is 1.31. The summed E-state index contributed by atoms with van der Waals surface area (Å²) in [5, 5.41) is 8.91. The highest BCUT2D eigenvalue weighted by Crippen LogP contribution is 2.23. The zero-order valence-electron chi connectivity index (χ0n) is 14.4. The summed E-state index contributed by atoms with van der Waals surface area (Å²) in [7, 11) is 0. The Morgan fingerprint density at radius 1 is 1.44 bits per heavy atom. The van der Waals surface area contributed by atoms with Crippen molar-refractivity contribution in [1.82, 2.24) is 9.88 Å². The molecule has 2 aromatic rings. The summed E-state index contributed by atoms with van der Waals surface area (Å²) in [5.41, 5.74) is 0.389. The SMILES string of the molecule is CC1(C)CN(C(=O)c2cc(C#N)c[nH]2)C[C@H](COc2ccccc2)O1. The molecule has 1 amide bonds. The Kier molecular flexibility index (Phi) is 4.77. The predicted octanol–water partition coefficient (Wildman–Crippen LogP) is 2.58. The first-order chi connectivity index (χ1) is 12.0. The second-order valence-electron chi connectivity index (χ2n) is 6.72. The molecule has 0 aliphatic carbocycles. The van der Waals surface area contributed by atoms with Gasteiger partial charge in [-0.25, -0.2) is 0 Å². The number of nitrogens with one attached hydrogen (secondary N) is 1. The molecule has 1 aliphatic rings. The Bertz CT molecular complexity index is 777. The number of benzene rings is 1. The third kappa shape index (κ3) is 4.20. The van der Waals surface area contributed by atoms with Crippen LogP contribution in [0.4, 0.5) is 0 Å². The smallest absolute Gasteiger partial charge is 0.270 e. The van der Waals surface area contributed by atoms with E-state index in [0.717, 1.165) is 5.75 Å². The number of amides is 1. The fourth-order valence-electron chi connectivity index (χ4n) is 3.00. The van der Waals surface area contributed by atoms with Crippen LogP contribution >= 0.6 is 0 Å². The Morgan fingerprint density at radius 3 is 2.88 bits per heavy atom. The van der Waals surface area contributed by atoms with Gasteiger partial charge in [-0.15, -0.1) is 0 Å². The molecular formula is C19H21N3O3. The van der Waals surface area contributed by atoms with Gasteiger partial charge in [0.2, 0.25) is 0 Å². The molecule has 0 radical (unpaired) electrons. The standard InChI is InChI=1S/C19H21N3O3/c1-19(2)13-22(18(23)17-8-14(9-20)10-21-17)11-16(25-19)12-24-15-6-4-3-5-7-15/h3-8,10,16,21H,11-13H2,1-2H3/t16-/m1/s1. The summed E-state index contributed by atoms with van der Waals surface area (Å²) in [4.78, 5) is 17.3. The van der Waals surface area contributed by atoms with E-state index in [1.54, 1.807) is 11.0 Å². The number of hydrogen-bond acceptors (Lipinski definition) is 4. The van der Waals surface area contributed by atoms with Gasteiger partial charge >= 0.3 is 0 Å². The zero-order chi connectivity index (χ0) is 17.9. The van der Waals surface area contributed by atoms with Gasteiger partial charge in [0, 0.05) is 12.7 Å². The number of aromatic nitrogens is 1. The molecule has 6 nitrogen and oxygen atoms in total. The highest BCUT2D eigenvalue weighted by atomic mass is 16.5. The minimum Gasteiger partial charge on any atom is -0.491 e. The number of rotatable bonds is 4. The molecule has 1 atom stereocenters. The zero-order valence-corrected chi connectivity index (χ0v) is 14.4. The van der Waals surface area contributed by atoms with Gasteiger partial charge < -0.3 is 19.4 Å². The molecule has 1 aliphatic heterocycles. The van der Waals surface area contributed by atoms with Gasteiger partial charge in [-0.2, -0.15) is 5.26 Å². The monoisotopic (exact) mass is 339 g/mol. The number of para-hydroxylation sites is 1. The number of aromatic amines is 1. The van der Waals surface area contributed by atoms with Crippen molar-refractivity contribution in [2.45, 2.75) is 25.6 Å². The highest BCUT2D eigenvalue weighted by Gasteiger charge is 2.36. The van der Waals surface area contributed by atoms with Gasteiger partial charge in [0.1, 0.15) is 30.2 Å². The number of carbonyl (C=O) groups excluding carboxylic acids is 1. The summed E-state index contributed by atoms with van der Waals surface area (Å²) in [6, 6.07) is 13.1. The quantitative estimate of drug-likeness (QED) is 0.929. The van der Waals surface area contributed by atoms with Gasteiger partial charge in [0.05, 0.1) is 17.7 Å². The lowest BCUT2D eigenvalue weighted by Crippen LogP contribution is -2.56. The first kappa shape index (κ1) is 17.1. The largest absolute Gasteiger partial charge is 0.491 e. The average Bonchev–Trinajstić information content (AvgIpc) is 3.08. The molecule has 0 bridgehead atoms. The lowest BCUT2D eigenvalue weighted by molar-refractivity contribution is -0.136. The van der Waals surface area contributed by atoms with Crippen LogP contribution in [0.3, 0.4) is 0 Å². The number of ether oxygens (including phenoxy) is 2. The lowest BCUT2D eigenvalue weighted by atomic mass is 10.0. The highest BCUT2D eigenvalue weighted by molar-refractivity contribution is 5.93. The fraction of sp³-hybridized carbons (Fsp3) is 0.368. The van der Waals surface area contributed by atoms with Crippen molar-refractivity contribution in [1.29, 1.82) is 5.26 Å². The summed E-state index contributed by atoms with van der Waals surface area (Å²) in [5.74, 6) is 0.637. The van der Waals surface area contributed by atoms with Crippen LogP contribution in [-0.4, -0.2) is 47.2 Å². The van der Waals surface area contributed by atoms with Gasteiger partial charge in [-0.05, 0) is 32.0 Å². The molecule has 25 heavy (non-hydrogen) atoms. The van der Waals surface area contributed by atoms with Crippen LogP contribution in [-0.2, 0) is 4.74 Å². The van der Waals surface area contributed by atoms with E-state index in [4.69, 9.17) is 14.7 Å². The molecule has 1 N–H and O–H groups in total. The van der Waals surface area contributed by atoms with Crippen molar-refractivity contribution in [3.05, 3.63) is 53.9 Å². The minimum atomic E-state index is -0.469. The minimum absolute atomic E-state index is 0.136. The lowest BCUT2D eigenvalue weighted by Gasteiger charge is -2.42. The van der Waals surface area contributed by atoms with E-state index in [9.17, 15) is 4.79 Å². The second-order valence-corrected chi connectivity index (χ2v) is 6.72. The molecule has 1 aromatic heterocycles. The molecule has 130 valence electrons. The molecule has 0 saturated carbocycles. The predicted molar refractivity (Wildman–Crippen MR) is 92.3 cm³/mol. The van der Waals surface area contributed by atoms with E-state index in [2.05, 4.69) is 4.98 Å². The average molecular weight is 339 g/mol. The molecule has 2 heterocycles. The Labute approximate surface area is 147 Å². The maximum Gasteiger partial charge on any atom is 0.270 e. The molecular weight excluding hydrogens is 318 g/mol. The van der Waals surface area contributed by atoms with Crippen LogP contribution < -0.4 is 4.74 Å². The van der Waals surface area contributed by atoms with Gasteiger partial charge in [0.25, 0.3) is 5.91 Å². The van der Waals surface area contributed by atoms with Gasteiger partial charge in [0.15, 0.2) is 0 Å². The van der Waals surface area contributed by atoms with Crippen molar-refractivity contribution in [3.63, 3.8) is 0 Å². The van der Waals surface area contributed by atoms with Crippen LogP contribution in [0.5, 0.6) is 5.75 Å². The summed E-state index contributed by atoms with van der Waals surface area (Å²) >= 11 is 0. The topological polar surface area (TPSA) is 78.4 Å². The number of morpholine rings is 1. The maximum atomic E-state index is 12.7. The van der Waals surface area contributed by atoms with E-state index in [0.29, 0.717) is 31.0 Å². The first-order valence-corrected chi connectivity index (χ1v) is 8.20. The third-order valence-corrected chi connectivity index (χ3v) is 3.99. The van der Waals surface area contributed by atoms with Crippen molar-refractivity contribution in [2.24, 2.45) is 0 Å². The normalized spacial score (nSPS) is 19.2. The van der Waals surface area contributed by atoms with Crippen LogP contribution in [0.1, 0.15) is 29.9 Å². The molecule has 1 aromatic carbocycles. The third-order valence-electron chi connectivity index (χ3n) is 3.99. The van der Waals surface area contributed by atoms with Crippen molar-refractivity contribution >= 4 is 5.91 Å². The summed E-state index contributed by atoms with van der Waals surface area (Å²) in [6.45, 7) is 5.20. The maximum absolute atomic E-state index is 12.7. The number of hydrogen-bond donors (Lipinski definition) is 1. The van der Waals surface area contributed by atoms with E-state index in [-0.39, 0.29) is 12.0 Å². The second kappa shape index (κ2) is 6.99. The van der Waals surface area contributed by atoms with Gasteiger partial charge in [-0.1, -0.05) is 18.2 Å².